The molecule has 2 heterocycles. The van der Waals surface area contributed by atoms with Crippen molar-refractivity contribution in [1.29, 1.82) is 0 Å². The van der Waals surface area contributed by atoms with E-state index in [0.717, 1.165) is 35.6 Å². The van der Waals surface area contributed by atoms with Gasteiger partial charge in [0.1, 0.15) is 17.7 Å². The average Bonchev–Trinajstić information content (AvgIpc) is 2.67. The number of nitrogens with two attached hydrogens (primary N) is 1. The number of ether oxygens (including phenoxy) is 2. The van der Waals surface area contributed by atoms with Crippen LogP contribution in [0, 0.1) is 0 Å². The van der Waals surface area contributed by atoms with Gasteiger partial charge >= 0.3 is 0 Å². The smallest absolute Gasteiger partial charge is 0.221 e. The summed E-state index contributed by atoms with van der Waals surface area (Å²) in [5, 5.41) is 2.32. The van der Waals surface area contributed by atoms with Crippen LogP contribution in [-0.2, 0) is 4.74 Å². The topological polar surface area (TPSA) is 73.5 Å². The minimum Gasteiger partial charge on any atom is -0.497 e. The van der Waals surface area contributed by atoms with Crippen molar-refractivity contribution in [3.63, 3.8) is 0 Å². The Bertz CT molecular complexity index is 899. The maximum absolute atomic E-state index is 6.00. The molecule has 2 N–H and O–H groups in total. The summed E-state index contributed by atoms with van der Waals surface area (Å²) in [4.78, 5) is 10.5. The number of hydrogen-bond acceptors (Lipinski definition) is 6. The van der Waals surface area contributed by atoms with Gasteiger partial charge in [-0.15, -0.1) is 0 Å². The summed E-state index contributed by atoms with van der Waals surface area (Å²) >= 11 is 0. The highest BCUT2D eigenvalue weighted by molar-refractivity contribution is 5.84. The van der Waals surface area contributed by atoms with E-state index in [1.807, 2.05) is 18.2 Å². The normalized spacial score (nSPS) is 17.6. The van der Waals surface area contributed by atoms with Gasteiger partial charge in [0.2, 0.25) is 5.95 Å². The van der Waals surface area contributed by atoms with E-state index in [-0.39, 0.29) is 6.10 Å². The van der Waals surface area contributed by atoms with Crippen LogP contribution in [0.5, 0.6) is 5.75 Å². The highest BCUT2D eigenvalue weighted by atomic mass is 16.5. The van der Waals surface area contributed by atoms with Crippen LogP contribution in [0.2, 0.25) is 0 Å². The molecule has 1 aliphatic heterocycles. The lowest BCUT2D eigenvalue weighted by Crippen LogP contribution is -2.39. The van der Waals surface area contributed by atoms with Crippen LogP contribution in [0.15, 0.2) is 48.7 Å². The first-order valence-electron chi connectivity index (χ1n) is 8.26. The fourth-order valence-corrected chi connectivity index (χ4v) is 3.17. The zero-order chi connectivity index (χ0) is 17.2. The quantitative estimate of drug-likeness (QED) is 0.793. The third-order valence-corrected chi connectivity index (χ3v) is 4.49. The Labute approximate surface area is 146 Å². The number of nitrogen functional groups attached to an aromatic ring is 1. The molecular weight excluding hydrogens is 316 g/mol. The van der Waals surface area contributed by atoms with Crippen molar-refractivity contribution >= 4 is 22.5 Å². The number of fused-ring (bicyclic) bond motifs is 1. The van der Waals surface area contributed by atoms with E-state index in [4.69, 9.17) is 15.2 Å². The third kappa shape index (κ3) is 3.21. The fraction of sp³-hybridized carbons (Fsp3) is 0.263. The number of nitrogens with zero attached hydrogens (tertiary/aromatic N) is 3. The summed E-state index contributed by atoms with van der Waals surface area (Å²) in [7, 11) is 1.68. The summed E-state index contributed by atoms with van der Waals surface area (Å²) in [6.45, 7) is 2.17. The first kappa shape index (κ1) is 15.7. The molecule has 6 nitrogen and oxygen atoms in total. The summed E-state index contributed by atoms with van der Waals surface area (Å²) in [5.74, 6) is 1.99. The van der Waals surface area contributed by atoms with Gasteiger partial charge in [0.05, 0.1) is 13.7 Å². The fourth-order valence-electron chi connectivity index (χ4n) is 3.17. The summed E-state index contributed by atoms with van der Waals surface area (Å²) in [6, 6.07) is 14.4. The molecule has 0 unspecified atom stereocenters. The Morgan fingerprint density at radius 1 is 1.16 bits per heavy atom. The molecule has 2 aromatic carbocycles. The highest BCUT2D eigenvalue weighted by Gasteiger charge is 2.23. The molecule has 25 heavy (non-hydrogen) atoms. The van der Waals surface area contributed by atoms with E-state index >= 15 is 0 Å². The van der Waals surface area contributed by atoms with Crippen molar-refractivity contribution < 1.29 is 9.47 Å². The predicted molar refractivity (Wildman–Crippen MR) is 97.9 cm³/mol. The van der Waals surface area contributed by atoms with Crippen molar-refractivity contribution in [2.75, 3.05) is 37.4 Å². The Kier molecular flexibility index (Phi) is 4.11. The highest BCUT2D eigenvalue weighted by Crippen LogP contribution is 2.29. The molecule has 6 heteroatoms. The minimum atomic E-state index is -0.00329. The van der Waals surface area contributed by atoms with Crippen LogP contribution in [-0.4, -0.2) is 36.8 Å². The van der Waals surface area contributed by atoms with Gasteiger partial charge in [-0.25, -0.2) is 4.98 Å². The van der Waals surface area contributed by atoms with Gasteiger partial charge in [-0.1, -0.05) is 18.2 Å². The maximum Gasteiger partial charge on any atom is 0.221 e. The molecular formula is C19H20N4O2. The van der Waals surface area contributed by atoms with Crippen LogP contribution in [0.1, 0.15) is 11.7 Å². The largest absolute Gasteiger partial charge is 0.497 e. The molecule has 0 aliphatic carbocycles. The average molecular weight is 336 g/mol. The summed E-state index contributed by atoms with van der Waals surface area (Å²) < 4.78 is 11.3. The van der Waals surface area contributed by atoms with Crippen molar-refractivity contribution in [2.45, 2.75) is 6.10 Å². The minimum absolute atomic E-state index is 0.00329. The molecule has 1 atom stereocenters. The van der Waals surface area contributed by atoms with Crippen LogP contribution in [0.25, 0.3) is 10.8 Å². The molecule has 1 aliphatic rings. The lowest BCUT2D eigenvalue weighted by Gasteiger charge is -2.34. The predicted octanol–water partition coefficient (Wildman–Crippen LogP) is 2.80. The van der Waals surface area contributed by atoms with Crippen LogP contribution >= 0.6 is 0 Å². The van der Waals surface area contributed by atoms with E-state index in [9.17, 15) is 0 Å². The van der Waals surface area contributed by atoms with Crippen molar-refractivity contribution in [3.8, 4) is 5.75 Å². The van der Waals surface area contributed by atoms with Gasteiger partial charge in [-0.2, -0.15) is 4.98 Å². The van der Waals surface area contributed by atoms with Gasteiger partial charge in [-0.05, 0) is 40.6 Å². The molecule has 4 rings (SSSR count). The number of aromatic nitrogens is 2. The molecule has 1 fully saturated rings. The van der Waals surface area contributed by atoms with Gasteiger partial charge < -0.3 is 20.1 Å². The van der Waals surface area contributed by atoms with E-state index in [1.54, 1.807) is 13.3 Å². The van der Waals surface area contributed by atoms with Crippen molar-refractivity contribution in [2.24, 2.45) is 0 Å². The Balaban J connectivity index is 1.59. The monoisotopic (exact) mass is 336 g/mol. The van der Waals surface area contributed by atoms with Crippen LogP contribution in [0.3, 0.4) is 0 Å². The maximum atomic E-state index is 6.00. The zero-order valence-corrected chi connectivity index (χ0v) is 14.1. The standard InChI is InChI=1S/C19H20N4O2/c1-24-16-5-4-13-10-15(3-2-14(13)11-16)17-12-23(8-9-25-17)18-6-7-21-19(20)22-18/h2-7,10-11,17H,8-9,12H2,1H3,(H2,20,21,22)/t17-/m0/s1. The Hall–Kier alpha value is -2.86. The van der Waals surface area contributed by atoms with Gasteiger partial charge in [0.25, 0.3) is 0 Å². The van der Waals surface area contributed by atoms with E-state index in [1.165, 1.54) is 5.39 Å². The number of morpholine rings is 1. The van der Waals surface area contributed by atoms with Gasteiger partial charge in [0.15, 0.2) is 0 Å². The summed E-state index contributed by atoms with van der Waals surface area (Å²) in [6.07, 6.45) is 1.68. The number of methoxy groups -OCH3 is 1. The first-order valence-corrected chi connectivity index (χ1v) is 8.26. The molecule has 0 bridgehead atoms. The molecule has 128 valence electrons. The first-order chi connectivity index (χ1) is 12.2. The summed E-state index contributed by atoms with van der Waals surface area (Å²) in [5.41, 5.74) is 6.86. The second-order valence-corrected chi connectivity index (χ2v) is 6.05. The van der Waals surface area contributed by atoms with E-state index in [0.29, 0.717) is 12.6 Å². The van der Waals surface area contributed by atoms with Crippen molar-refractivity contribution in [3.05, 3.63) is 54.2 Å². The van der Waals surface area contributed by atoms with Gasteiger partial charge in [0, 0.05) is 19.3 Å². The van der Waals surface area contributed by atoms with Crippen LogP contribution < -0.4 is 15.4 Å². The lowest BCUT2D eigenvalue weighted by molar-refractivity contribution is 0.0396. The molecule has 0 amide bonds. The van der Waals surface area contributed by atoms with E-state index < -0.39 is 0 Å². The van der Waals surface area contributed by atoms with Crippen molar-refractivity contribution in [1.82, 2.24) is 9.97 Å². The molecule has 0 saturated carbocycles. The molecule has 1 aromatic heterocycles. The molecule has 0 spiro atoms. The number of hydrogen-bond donors (Lipinski definition) is 1. The third-order valence-electron chi connectivity index (χ3n) is 4.49. The zero-order valence-electron chi connectivity index (χ0n) is 14.1. The van der Waals surface area contributed by atoms with Gasteiger partial charge in [-0.3, -0.25) is 0 Å². The number of rotatable bonds is 3. The Morgan fingerprint density at radius 2 is 2.00 bits per heavy atom. The molecule has 1 saturated heterocycles. The Morgan fingerprint density at radius 3 is 2.84 bits per heavy atom. The van der Waals surface area contributed by atoms with Crippen LogP contribution in [0.4, 0.5) is 11.8 Å². The second kappa shape index (κ2) is 6.57. The lowest BCUT2D eigenvalue weighted by atomic mass is 10.0. The molecule has 3 aromatic rings. The number of benzene rings is 2. The van der Waals surface area contributed by atoms with E-state index in [2.05, 4.69) is 39.1 Å². The SMILES string of the molecule is COc1ccc2cc([C@@H]3CN(c4ccnc(N)n4)CCO3)ccc2c1. The molecule has 0 radical (unpaired) electrons. The second-order valence-electron chi connectivity index (χ2n) is 6.05. The number of anilines is 2.